The minimum Gasteiger partial charge on any atom is -0.459 e. The summed E-state index contributed by atoms with van der Waals surface area (Å²) < 4.78 is 5.35. The third-order valence-corrected chi connectivity index (χ3v) is 2.54. The number of hydrogen-bond donors (Lipinski definition) is 1. The van der Waals surface area contributed by atoms with Crippen LogP contribution in [-0.4, -0.2) is 24.2 Å². The second kappa shape index (κ2) is 4.30. The largest absolute Gasteiger partial charge is 0.459 e. The van der Waals surface area contributed by atoms with E-state index in [1.165, 1.54) is 0 Å². The molecule has 82 valence electrons. The molecule has 0 saturated carbocycles. The lowest BCUT2D eigenvalue weighted by Gasteiger charge is -2.24. The van der Waals surface area contributed by atoms with Crippen molar-refractivity contribution in [3.05, 3.63) is 0 Å². The highest BCUT2D eigenvalue weighted by Crippen LogP contribution is 2.21. The maximum absolute atomic E-state index is 11.7. The molecule has 0 amide bonds. The van der Waals surface area contributed by atoms with Crippen molar-refractivity contribution in [3.63, 3.8) is 0 Å². The first kappa shape index (κ1) is 11.5. The van der Waals surface area contributed by atoms with Crippen LogP contribution in [0.4, 0.5) is 0 Å². The molecule has 3 heteroatoms. The SMILES string of the molecule is CCC1CCNC1C(=O)OC(C)(C)C. The van der Waals surface area contributed by atoms with Gasteiger partial charge < -0.3 is 10.1 Å². The zero-order valence-electron chi connectivity index (χ0n) is 9.59. The van der Waals surface area contributed by atoms with Crippen molar-refractivity contribution in [1.82, 2.24) is 5.32 Å². The predicted octanol–water partition coefficient (Wildman–Crippen LogP) is 1.72. The summed E-state index contributed by atoms with van der Waals surface area (Å²) in [7, 11) is 0. The van der Waals surface area contributed by atoms with Gasteiger partial charge in [0.2, 0.25) is 0 Å². The van der Waals surface area contributed by atoms with E-state index in [9.17, 15) is 4.79 Å². The molecule has 1 N–H and O–H groups in total. The molecular formula is C11H21NO2. The van der Waals surface area contributed by atoms with Gasteiger partial charge in [-0.15, -0.1) is 0 Å². The average Bonchev–Trinajstić information content (AvgIpc) is 2.47. The summed E-state index contributed by atoms with van der Waals surface area (Å²) in [5.41, 5.74) is -0.375. The second-order valence-corrected chi connectivity index (χ2v) is 4.92. The molecule has 0 aromatic carbocycles. The van der Waals surface area contributed by atoms with Crippen molar-refractivity contribution in [2.45, 2.75) is 52.2 Å². The van der Waals surface area contributed by atoms with E-state index in [-0.39, 0.29) is 17.6 Å². The van der Waals surface area contributed by atoms with Crippen LogP contribution in [-0.2, 0) is 9.53 Å². The molecule has 14 heavy (non-hydrogen) atoms. The Morgan fingerprint density at radius 2 is 2.14 bits per heavy atom. The molecule has 0 radical (unpaired) electrons. The van der Waals surface area contributed by atoms with Crippen LogP contribution >= 0.6 is 0 Å². The average molecular weight is 199 g/mol. The van der Waals surface area contributed by atoms with Gasteiger partial charge in [0, 0.05) is 0 Å². The molecule has 1 rings (SSSR count). The van der Waals surface area contributed by atoms with E-state index in [0.717, 1.165) is 19.4 Å². The van der Waals surface area contributed by atoms with E-state index >= 15 is 0 Å². The van der Waals surface area contributed by atoms with Crippen LogP contribution in [0.2, 0.25) is 0 Å². The van der Waals surface area contributed by atoms with Gasteiger partial charge in [-0.2, -0.15) is 0 Å². The fraction of sp³-hybridized carbons (Fsp3) is 0.909. The summed E-state index contributed by atoms with van der Waals surface area (Å²) in [5, 5.41) is 3.21. The van der Waals surface area contributed by atoms with Crippen LogP contribution in [0, 0.1) is 5.92 Å². The zero-order chi connectivity index (χ0) is 10.8. The Bertz CT molecular complexity index is 208. The van der Waals surface area contributed by atoms with Gasteiger partial charge in [0.25, 0.3) is 0 Å². The summed E-state index contributed by atoms with van der Waals surface area (Å²) in [5.74, 6) is 0.353. The monoisotopic (exact) mass is 199 g/mol. The standard InChI is InChI=1S/C11H21NO2/c1-5-8-6-7-12-9(8)10(13)14-11(2,3)4/h8-9,12H,5-7H2,1-4H3. The lowest BCUT2D eigenvalue weighted by Crippen LogP contribution is -2.40. The van der Waals surface area contributed by atoms with Gasteiger partial charge in [0.1, 0.15) is 11.6 Å². The predicted molar refractivity (Wildman–Crippen MR) is 56.0 cm³/mol. The fourth-order valence-electron chi connectivity index (χ4n) is 1.84. The highest BCUT2D eigenvalue weighted by Gasteiger charge is 2.34. The molecule has 0 bridgehead atoms. The summed E-state index contributed by atoms with van der Waals surface area (Å²) in [6.45, 7) is 8.76. The van der Waals surface area contributed by atoms with Gasteiger partial charge in [0.15, 0.2) is 0 Å². The molecule has 0 aromatic heterocycles. The third-order valence-electron chi connectivity index (χ3n) is 2.54. The first-order valence-corrected chi connectivity index (χ1v) is 5.40. The minimum absolute atomic E-state index is 0.0841. The van der Waals surface area contributed by atoms with E-state index < -0.39 is 0 Å². The molecule has 1 heterocycles. The maximum Gasteiger partial charge on any atom is 0.323 e. The Morgan fingerprint density at radius 3 is 2.64 bits per heavy atom. The third kappa shape index (κ3) is 2.98. The highest BCUT2D eigenvalue weighted by molar-refractivity contribution is 5.77. The molecule has 0 aromatic rings. The van der Waals surface area contributed by atoms with Gasteiger partial charge in [-0.05, 0) is 39.7 Å². The Labute approximate surface area is 86.2 Å². The molecule has 1 aliphatic rings. The van der Waals surface area contributed by atoms with Gasteiger partial charge in [0.05, 0.1) is 0 Å². The molecule has 3 nitrogen and oxygen atoms in total. The van der Waals surface area contributed by atoms with Crippen molar-refractivity contribution in [1.29, 1.82) is 0 Å². The van der Waals surface area contributed by atoms with Crippen LogP contribution in [0.25, 0.3) is 0 Å². The van der Waals surface area contributed by atoms with Gasteiger partial charge in [-0.1, -0.05) is 13.3 Å². The van der Waals surface area contributed by atoms with Crippen LogP contribution < -0.4 is 5.32 Å². The van der Waals surface area contributed by atoms with E-state index in [4.69, 9.17) is 4.74 Å². The number of rotatable bonds is 2. The van der Waals surface area contributed by atoms with Crippen LogP contribution in [0.5, 0.6) is 0 Å². The number of carbonyl (C=O) groups is 1. The number of carbonyl (C=O) groups excluding carboxylic acids is 1. The second-order valence-electron chi connectivity index (χ2n) is 4.92. The van der Waals surface area contributed by atoms with Gasteiger partial charge in [-0.25, -0.2) is 0 Å². The number of ether oxygens (including phenoxy) is 1. The topological polar surface area (TPSA) is 38.3 Å². The quantitative estimate of drug-likeness (QED) is 0.688. The van der Waals surface area contributed by atoms with E-state index in [1.54, 1.807) is 0 Å². The lowest BCUT2D eigenvalue weighted by atomic mass is 9.98. The zero-order valence-corrected chi connectivity index (χ0v) is 9.59. The number of nitrogens with one attached hydrogen (secondary N) is 1. The first-order valence-electron chi connectivity index (χ1n) is 5.40. The van der Waals surface area contributed by atoms with Crippen LogP contribution in [0.15, 0.2) is 0 Å². The van der Waals surface area contributed by atoms with E-state index in [1.807, 2.05) is 20.8 Å². The van der Waals surface area contributed by atoms with Crippen molar-refractivity contribution in [2.24, 2.45) is 5.92 Å². The Kier molecular flexibility index (Phi) is 3.53. The first-order chi connectivity index (χ1) is 6.44. The van der Waals surface area contributed by atoms with Crippen molar-refractivity contribution >= 4 is 5.97 Å². The Balaban J connectivity index is 2.52. The molecule has 2 atom stereocenters. The van der Waals surface area contributed by atoms with E-state index in [2.05, 4.69) is 12.2 Å². The molecule has 0 aliphatic carbocycles. The van der Waals surface area contributed by atoms with Crippen LogP contribution in [0.3, 0.4) is 0 Å². The van der Waals surface area contributed by atoms with E-state index in [0.29, 0.717) is 5.92 Å². The van der Waals surface area contributed by atoms with Crippen LogP contribution in [0.1, 0.15) is 40.5 Å². The molecule has 1 fully saturated rings. The Hall–Kier alpha value is -0.570. The minimum atomic E-state index is -0.375. The molecular weight excluding hydrogens is 178 g/mol. The molecule has 0 spiro atoms. The van der Waals surface area contributed by atoms with Crippen molar-refractivity contribution in [2.75, 3.05) is 6.54 Å². The number of esters is 1. The van der Waals surface area contributed by atoms with Crippen molar-refractivity contribution in [3.8, 4) is 0 Å². The summed E-state index contributed by atoms with van der Waals surface area (Å²) in [4.78, 5) is 11.7. The number of hydrogen-bond acceptors (Lipinski definition) is 3. The van der Waals surface area contributed by atoms with Crippen molar-refractivity contribution < 1.29 is 9.53 Å². The maximum atomic E-state index is 11.7. The lowest BCUT2D eigenvalue weighted by molar-refractivity contribution is -0.158. The van der Waals surface area contributed by atoms with Gasteiger partial charge in [-0.3, -0.25) is 4.79 Å². The fourth-order valence-corrected chi connectivity index (χ4v) is 1.84. The normalized spacial score (nSPS) is 27.7. The Morgan fingerprint density at radius 1 is 1.50 bits per heavy atom. The summed E-state index contributed by atoms with van der Waals surface area (Å²) >= 11 is 0. The summed E-state index contributed by atoms with van der Waals surface area (Å²) in [6, 6.07) is -0.0841. The molecule has 2 unspecified atom stereocenters. The van der Waals surface area contributed by atoms with Gasteiger partial charge >= 0.3 is 5.97 Å². The molecule has 1 saturated heterocycles. The summed E-state index contributed by atoms with van der Waals surface area (Å²) in [6.07, 6.45) is 2.12. The smallest absolute Gasteiger partial charge is 0.323 e. The highest BCUT2D eigenvalue weighted by atomic mass is 16.6. The molecule has 1 aliphatic heterocycles.